The summed E-state index contributed by atoms with van der Waals surface area (Å²) in [5, 5.41) is 0. The van der Waals surface area contributed by atoms with Crippen LogP contribution in [0.2, 0.25) is 0 Å². The quantitative estimate of drug-likeness (QED) is 0.735. The number of hydrogen-bond acceptors (Lipinski definition) is 1. The Kier molecular flexibility index (Phi) is 3.20. The highest BCUT2D eigenvalue weighted by Crippen LogP contribution is 2.30. The zero-order valence-electron chi connectivity index (χ0n) is 9.28. The van der Waals surface area contributed by atoms with Gasteiger partial charge in [0.05, 0.1) is 0 Å². The van der Waals surface area contributed by atoms with Crippen molar-refractivity contribution in [3.63, 3.8) is 0 Å². The predicted molar refractivity (Wildman–Crippen MR) is 61.7 cm³/mol. The van der Waals surface area contributed by atoms with Crippen molar-refractivity contribution in [2.45, 2.75) is 32.6 Å². The van der Waals surface area contributed by atoms with E-state index in [-0.39, 0.29) is 0 Å². The molecule has 2 atom stereocenters. The van der Waals surface area contributed by atoms with Gasteiger partial charge in [0, 0.05) is 12.3 Å². The van der Waals surface area contributed by atoms with Crippen LogP contribution in [0.4, 0.5) is 0 Å². The molecule has 1 saturated carbocycles. The highest BCUT2D eigenvalue weighted by Gasteiger charge is 2.28. The van der Waals surface area contributed by atoms with Gasteiger partial charge in [-0.25, -0.2) is 0 Å². The second kappa shape index (κ2) is 4.61. The molecule has 0 aromatic heterocycles. The summed E-state index contributed by atoms with van der Waals surface area (Å²) >= 11 is 0. The monoisotopic (exact) mass is 202 g/mol. The molecule has 1 fully saturated rings. The van der Waals surface area contributed by atoms with E-state index in [1.165, 1.54) is 12.0 Å². The zero-order chi connectivity index (χ0) is 10.7. The first-order chi connectivity index (χ1) is 7.25. The third-order valence-electron chi connectivity index (χ3n) is 3.41. The molecule has 0 bridgehead atoms. The maximum Gasteiger partial charge on any atom is 0.135 e. The van der Waals surface area contributed by atoms with Crippen LogP contribution in [-0.4, -0.2) is 5.78 Å². The summed E-state index contributed by atoms with van der Waals surface area (Å²) in [6.07, 6.45) is 4.20. The highest BCUT2D eigenvalue weighted by molar-refractivity contribution is 5.82. The molecule has 0 saturated heterocycles. The fraction of sp³-hybridized carbons (Fsp3) is 0.500. The Bertz CT molecular complexity index is 328. The lowest BCUT2D eigenvalue weighted by atomic mass is 9.97. The lowest BCUT2D eigenvalue weighted by Crippen LogP contribution is -1.98. The Hall–Kier alpha value is -1.11. The lowest BCUT2D eigenvalue weighted by molar-refractivity contribution is -0.120. The molecule has 0 spiro atoms. The van der Waals surface area contributed by atoms with E-state index in [1.54, 1.807) is 0 Å². The fourth-order valence-corrected chi connectivity index (χ4v) is 2.44. The maximum absolute atomic E-state index is 11.4. The minimum Gasteiger partial charge on any atom is -0.299 e. The molecule has 1 aromatic rings. The molecule has 1 aliphatic rings. The van der Waals surface area contributed by atoms with E-state index in [9.17, 15) is 4.79 Å². The van der Waals surface area contributed by atoms with E-state index in [0.717, 1.165) is 19.3 Å². The second-order valence-electron chi connectivity index (χ2n) is 4.70. The molecule has 2 rings (SSSR count). The van der Waals surface area contributed by atoms with Crippen LogP contribution in [-0.2, 0) is 11.2 Å². The molecule has 0 aliphatic heterocycles. The fourth-order valence-electron chi connectivity index (χ4n) is 2.44. The van der Waals surface area contributed by atoms with Gasteiger partial charge < -0.3 is 0 Å². The standard InChI is InChI=1S/C14H18O/c1-11-9-13(10-14(11)15)8-7-12-5-3-2-4-6-12/h2-6,11,13H,7-10H2,1H3/t11-,13+/m1/s1. The summed E-state index contributed by atoms with van der Waals surface area (Å²) in [7, 11) is 0. The summed E-state index contributed by atoms with van der Waals surface area (Å²) in [5.41, 5.74) is 1.39. The normalized spacial score (nSPS) is 25.8. The van der Waals surface area contributed by atoms with Crippen molar-refractivity contribution < 1.29 is 4.79 Å². The Morgan fingerprint density at radius 3 is 2.60 bits per heavy atom. The second-order valence-corrected chi connectivity index (χ2v) is 4.70. The number of hydrogen-bond donors (Lipinski definition) is 0. The smallest absolute Gasteiger partial charge is 0.135 e. The largest absolute Gasteiger partial charge is 0.299 e. The number of carbonyl (C=O) groups excluding carboxylic acids is 1. The lowest BCUT2D eigenvalue weighted by Gasteiger charge is -2.07. The van der Waals surface area contributed by atoms with Crippen molar-refractivity contribution in [3.8, 4) is 0 Å². The van der Waals surface area contributed by atoms with Gasteiger partial charge in [0.2, 0.25) is 0 Å². The summed E-state index contributed by atoms with van der Waals surface area (Å²) in [6.45, 7) is 2.06. The summed E-state index contributed by atoms with van der Waals surface area (Å²) in [4.78, 5) is 11.4. The first-order valence-electron chi connectivity index (χ1n) is 5.82. The minimum atomic E-state index is 0.311. The average molecular weight is 202 g/mol. The van der Waals surface area contributed by atoms with Gasteiger partial charge in [0.15, 0.2) is 0 Å². The molecule has 0 radical (unpaired) electrons. The van der Waals surface area contributed by atoms with Crippen LogP contribution in [0.1, 0.15) is 31.7 Å². The van der Waals surface area contributed by atoms with Crippen molar-refractivity contribution in [2.24, 2.45) is 11.8 Å². The minimum absolute atomic E-state index is 0.311. The number of ketones is 1. The summed E-state index contributed by atoms with van der Waals surface area (Å²) in [6, 6.07) is 10.5. The summed E-state index contributed by atoms with van der Waals surface area (Å²) in [5.74, 6) is 1.41. The van der Waals surface area contributed by atoms with E-state index in [4.69, 9.17) is 0 Å². The van der Waals surface area contributed by atoms with Gasteiger partial charge >= 0.3 is 0 Å². The van der Waals surface area contributed by atoms with Crippen molar-refractivity contribution in [2.75, 3.05) is 0 Å². The molecule has 1 aliphatic carbocycles. The number of carbonyl (C=O) groups is 1. The number of rotatable bonds is 3. The molecule has 1 aromatic carbocycles. The average Bonchev–Trinajstić information content (AvgIpc) is 2.57. The van der Waals surface area contributed by atoms with Crippen molar-refractivity contribution in [3.05, 3.63) is 35.9 Å². The third-order valence-corrected chi connectivity index (χ3v) is 3.41. The van der Waals surface area contributed by atoms with Gasteiger partial charge in [0.1, 0.15) is 5.78 Å². The van der Waals surface area contributed by atoms with Gasteiger partial charge in [-0.3, -0.25) is 4.79 Å². The van der Waals surface area contributed by atoms with E-state index < -0.39 is 0 Å². The van der Waals surface area contributed by atoms with Crippen LogP contribution in [0, 0.1) is 11.8 Å². The Morgan fingerprint density at radius 2 is 2.00 bits per heavy atom. The van der Waals surface area contributed by atoms with E-state index in [0.29, 0.717) is 17.6 Å². The van der Waals surface area contributed by atoms with Gasteiger partial charge in [-0.2, -0.15) is 0 Å². The molecule has 0 N–H and O–H groups in total. The molecule has 0 heterocycles. The van der Waals surface area contributed by atoms with Crippen molar-refractivity contribution in [1.29, 1.82) is 0 Å². The van der Waals surface area contributed by atoms with Gasteiger partial charge in [-0.05, 0) is 30.7 Å². The molecule has 0 unspecified atom stereocenters. The molecule has 1 heteroatoms. The first-order valence-corrected chi connectivity index (χ1v) is 5.82. The van der Waals surface area contributed by atoms with Crippen LogP contribution in [0.3, 0.4) is 0 Å². The van der Waals surface area contributed by atoms with Crippen LogP contribution < -0.4 is 0 Å². The van der Waals surface area contributed by atoms with Crippen LogP contribution >= 0.6 is 0 Å². The molecular formula is C14H18O. The van der Waals surface area contributed by atoms with Crippen LogP contribution in [0.15, 0.2) is 30.3 Å². The SMILES string of the molecule is C[C@@H]1C[C@H](CCc2ccccc2)CC1=O. The Labute approximate surface area is 91.5 Å². The van der Waals surface area contributed by atoms with Gasteiger partial charge in [0.25, 0.3) is 0 Å². The highest BCUT2D eigenvalue weighted by atomic mass is 16.1. The topological polar surface area (TPSA) is 17.1 Å². The van der Waals surface area contributed by atoms with Crippen molar-refractivity contribution in [1.82, 2.24) is 0 Å². The summed E-state index contributed by atoms with van der Waals surface area (Å²) < 4.78 is 0. The van der Waals surface area contributed by atoms with E-state index >= 15 is 0 Å². The number of aryl methyl sites for hydroxylation is 1. The molecule has 15 heavy (non-hydrogen) atoms. The number of Topliss-reactive ketones (excluding diaryl/α,β-unsaturated/α-hetero) is 1. The van der Waals surface area contributed by atoms with E-state index in [2.05, 4.69) is 31.2 Å². The number of benzene rings is 1. The molecule has 1 nitrogen and oxygen atoms in total. The van der Waals surface area contributed by atoms with Gasteiger partial charge in [-0.15, -0.1) is 0 Å². The third kappa shape index (κ3) is 2.68. The van der Waals surface area contributed by atoms with Gasteiger partial charge in [-0.1, -0.05) is 37.3 Å². The first kappa shape index (κ1) is 10.4. The predicted octanol–water partition coefficient (Wildman–Crippen LogP) is 3.23. The van der Waals surface area contributed by atoms with Crippen LogP contribution in [0.25, 0.3) is 0 Å². The Balaban J connectivity index is 1.82. The zero-order valence-corrected chi connectivity index (χ0v) is 9.28. The Morgan fingerprint density at radius 1 is 1.27 bits per heavy atom. The van der Waals surface area contributed by atoms with Crippen LogP contribution in [0.5, 0.6) is 0 Å². The maximum atomic E-state index is 11.4. The van der Waals surface area contributed by atoms with E-state index in [1.807, 2.05) is 6.07 Å². The van der Waals surface area contributed by atoms with Crippen molar-refractivity contribution >= 4 is 5.78 Å². The molecular weight excluding hydrogens is 184 g/mol. The molecule has 80 valence electrons. The molecule has 0 amide bonds.